The molecule has 1 aromatic heterocycles. The van der Waals surface area contributed by atoms with Crippen molar-refractivity contribution in [2.24, 2.45) is 0 Å². The van der Waals surface area contributed by atoms with Crippen molar-refractivity contribution in [2.75, 3.05) is 11.9 Å². The first-order valence-electron chi connectivity index (χ1n) is 5.96. The van der Waals surface area contributed by atoms with Gasteiger partial charge in [0.15, 0.2) is 0 Å². The van der Waals surface area contributed by atoms with Crippen LogP contribution >= 0.6 is 15.9 Å². The molecule has 18 heavy (non-hydrogen) atoms. The fraction of sp³-hybridized carbons (Fsp3) is 0.267. The molecule has 0 saturated heterocycles. The number of benzene rings is 1. The second-order valence-corrected chi connectivity index (χ2v) is 5.37. The van der Waals surface area contributed by atoms with E-state index in [1.54, 1.807) is 0 Å². The minimum atomic E-state index is 0.876. The van der Waals surface area contributed by atoms with Crippen molar-refractivity contribution in [3.05, 3.63) is 57.7 Å². The van der Waals surface area contributed by atoms with Crippen molar-refractivity contribution in [2.45, 2.75) is 20.4 Å². The normalized spacial score (nSPS) is 10.4. The quantitative estimate of drug-likeness (QED) is 0.849. The van der Waals surface area contributed by atoms with Gasteiger partial charge in [-0.3, -0.25) is 0 Å². The third-order valence-electron chi connectivity index (χ3n) is 3.07. The van der Waals surface area contributed by atoms with Crippen molar-refractivity contribution in [1.82, 2.24) is 4.98 Å². The van der Waals surface area contributed by atoms with E-state index in [4.69, 9.17) is 0 Å². The molecule has 0 spiro atoms. The Morgan fingerprint density at radius 2 is 1.83 bits per heavy atom. The van der Waals surface area contributed by atoms with Gasteiger partial charge in [-0.05, 0) is 53.0 Å². The zero-order chi connectivity index (χ0) is 13.1. The van der Waals surface area contributed by atoms with Crippen LogP contribution in [0, 0.1) is 13.8 Å². The van der Waals surface area contributed by atoms with Crippen LogP contribution in [0.4, 0.5) is 5.82 Å². The summed E-state index contributed by atoms with van der Waals surface area (Å²) in [6.07, 6.45) is 0. The molecule has 1 heterocycles. The predicted octanol–water partition coefficient (Wildman–Crippen LogP) is 4.10. The van der Waals surface area contributed by atoms with E-state index in [-0.39, 0.29) is 0 Å². The topological polar surface area (TPSA) is 16.1 Å². The van der Waals surface area contributed by atoms with Crippen molar-refractivity contribution in [1.29, 1.82) is 0 Å². The zero-order valence-corrected chi connectivity index (χ0v) is 12.5. The fourth-order valence-corrected chi connectivity index (χ4v) is 2.09. The first-order valence-corrected chi connectivity index (χ1v) is 6.76. The second kappa shape index (κ2) is 5.53. The molecular formula is C15H17BrN2. The molecule has 0 bridgehead atoms. The maximum atomic E-state index is 4.58. The maximum Gasteiger partial charge on any atom is 0.128 e. The molecule has 0 saturated carbocycles. The summed E-state index contributed by atoms with van der Waals surface area (Å²) < 4.78 is 1.05. The van der Waals surface area contributed by atoms with Crippen molar-refractivity contribution in [3.63, 3.8) is 0 Å². The van der Waals surface area contributed by atoms with Gasteiger partial charge in [-0.25, -0.2) is 4.98 Å². The van der Waals surface area contributed by atoms with Gasteiger partial charge >= 0.3 is 0 Å². The predicted molar refractivity (Wildman–Crippen MR) is 80.0 cm³/mol. The number of nitrogens with zero attached hydrogens (tertiary/aromatic N) is 2. The molecule has 0 atom stereocenters. The molecule has 2 rings (SSSR count). The minimum Gasteiger partial charge on any atom is -0.355 e. The van der Waals surface area contributed by atoms with E-state index in [1.807, 2.05) is 19.1 Å². The molecule has 0 unspecified atom stereocenters. The summed E-state index contributed by atoms with van der Waals surface area (Å²) in [7, 11) is 2.07. The number of pyridine rings is 1. The minimum absolute atomic E-state index is 0.876. The van der Waals surface area contributed by atoms with Crippen LogP contribution in [-0.4, -0.2) is 12.0 Å². The van der Waals surface area contributed by atoms with Crippen LogP contribution in [0.15, 0.2) is 40.9 Å². The van der Waals surface area contributed by atoms with Crippen LogP contribution < -0.4 is 4.90 Å². The molecule has 3 heteroatoms. The van der Waals surface area contributed by atoms with Crippen LogP contribution in [0.3, 0.4) is 0 Å². The molecule has 0 aliphatic heterocycles. The standard InChI is InChI=1S/C15H17BrN2/c1-11-6-4-5-7-13(11)10-18(3)15-9-8-14(16)12(2)17-15/h4-9H,10H2,1-3H3. The van der Waals surface area contributed by atoms with Gasteiger partial charge in [-0.1, -0.05) is 24.3 Å². The molecule has 0 aliphatic carbocycles. The Hall–Kier alpha value is -1.35. The van der Waals surface area contributed by atoms with E-state index in [1.165, 1.54) is 11.1 Å². The van der Waals surface area contributed by atoms with Crippen LogP contribution in [0.25, 0.3) is 0 Å². The number of anilines is 1. The van der Waals surface area contributed by atoms with E-state index in [0.717, 1.165) is 22.5 Å². The van der Waals surface area contributed by atoms with Crippen molar-refractivity contribution < 1.29 is 0 Å². The van der Waals surface area contributed by atoms with Crippen LogP contribution in [0.1, 0.15) is 16.8 Å². The van der Waals surface area contributed by atoms with Gasteiger partial charge in [0.1, 0.15) is 5.82 Å². The SMILES string of the molecule is Cc1ccccc1CN(C)c1ccc(Br)c(C)n1. The Morgan fingerprint density at radius 3 is 2.50 bits per heavy atom. The summed E-state index contributed by atoms with van der Waals surface area (Å²) in [5.74, 6) is 0.999. The molecule has 0 N–H and O–H groups in total. The Bertz CT molecular complexity index is 552. The summed E-state index contributed by atoms with van der Waals surface area (Å²) in [5, 5.41) is 0. The van der Waals surface area contributed by atoms with Gasteiger partial charge < -0.3 is 4.90 Å². The maximum absolute atomic E-state index is 4.58. The lowest BCUT2D eigenvalue weighted by Crippen LogP contribution is -2.18. The fourth-order valence-electron chi connectivity index (χ4n) is 1.87. The summed E-state index contributed by atoms with van der Waals surface area (Å²) in [5.41, 5.74) is 3.67. The molecular weight excluding hydrogens is 288 g/mol. The number of hydrogen-bond acceptors (Lipinski definition) is 2. The Labute approximate surface area is 117 Å². The Kier molecular flexibility index (Phi) is 4.02. The largest absolute Gasteiger partial charge is 0.355 e. The lowest BCUT2D eigenvalue weighted by Gasteiger charge is -2.20. The van der Waals surface area contributed by atoms with Gasteiger partial charge in [0.2, 0.25) is 0 Å². The highest BCUT2D eigenvalue weighted by atomic mass is 79.9. The average Bonchev–Trinajstić information content (AvgIpc) is 2.35. The van der Waals surface area contributed by atoms with E-state index >= 15 is 0 Å². The Morgan fingerprint density at radius 1 is 1.11 bits per heavy atom. The summed E-state index contributed by atoms with van der Waals surface area (Å²) in [6, 6.07) is 12.5. The molecule has 1 aromatic carbocycles. The first kappa shape index (κ1) is 13.1. The summed E-state index contributed by atoms with van der Waals surface area (Å²) in [6.45, 7) is 5.03. The van der Waals surface area contributed by atoms with Gasteiger partial charge in [-0.15, -0.1) is 0 Å². The molecule has 0 radical (unpaired) electrons. The van der Waals surface area contributed by atoms with Crippen LogP contribution in [0.2, 0.25) is 0 Å². The smallest absolute Gasteiger partial charge is 0.128 e. The van der Waals surface area contributed by atoms with Gasteiger partial charge in [-0.2, -0.15) is 0 Å². The summed E-state index contributed by atoms with van der Waals surface area (Å²) >= 11 is 3.48. The lowest BCUT2D eigenvalue weighted by molar-refractivity contribution is 0.884. The van der Waals surface area contributed by atoms with E-state index < -0.39 is 0 Å². The van der Waals surface area contributed by atoms with Crippen LogP contribution in [0.5, 0.6) is 0 Å². The van der Waals surface area contributed by atoms with Crippen LogP contribution in [-0.2, 0) is 6.54 Å². The Balaban J connectivity index is 2.19. The number of halogens is 1. The zero-order valence-electron chi connectivity index (χ0n) is 10.9. The highest BCUT2D eigenvalue weighted by Gasteiger charge is 2.06. The third kappa shape index (κ3) is 2.91. The number of aromatic nitrogens is 1. The van der Waals surface area contributed by atoms with Gasteiger partial charge in [0.25, 0.3) is 0 Å². The number of hydrogen-bond donors (Lipinski definition) is 0. The number of aryl methyl sites for hydroxylation is 2. The molecule has 0 aliphatic rings. The highest BCUT2D eigenvalue weighted by Crippen LogP contribution is 2.20. The molecule has 2 nitrogen and oxygen atoms in total. The molecule has 0 amide bonds. The van der Waals surface area contributed by atoms with E-state index in [0.29, 0.717) is 0 Å². The first-order chi connectivity index (χ1) is 8.58. The monoisotopic (exact) mass is 304 g/mol. The van der Waals surface area contributed by atoms with Gasteiger partial charge in [0, 0.05) is 18.1 Å². The number of rotatable bonds is 3. The van der Waals surface area contributed by atoms with E-state index in [9.17, 15) is 0 Å². The lowest BCUT2D eigenvalue weighted by atomic mass is 10.1. The molecule has 0 fully saturated rings. The van der Waals surface area contributed by atoms with Crippen molar-refractivity contribution >= 4 is 21.7 Å². The van der Waals surface area contributed by atoms with Gasteiger partial charge in [0.05, 0.1) is 5.69 Å². The highest BCUT2D eigenvalue weighted by molar-refractivity contribution is 9.10. The van der Waals surface area contributed by atoms with E-state index in [2.05, 4.69) is 64.1 Å². The second-order valence-electron chi connectivity index (χ2n) is 4.52. The molecule has 94 valence electrons. The molecule has 2 aromatic rings. The van der Waals surface area contributed by atoms with Crippen molar-refractivity contribution in [3.8, 4) is 0 Å². The summed E-state index contributed by atoms with van der Waals surface area (Å²) in [4.78, 5) is 6.75. The average molecular weight is 305 g/mol. The third-order valence-corrected chi connectivity index (χ3v) is 3.90.